The van der Waals surface area contributed by atoms with Crippen molar-refractivity contribution < 1.29 is 4.79 Å². The topological polar surface area (TPSA) is 55.1 Å². The van der Waals surface area contributed by atoms with Gasteiger partial charge in [0.25, 0.3) is 0 Å². The molecular formula is C16H14N2OS. The SMILES string of the molecule is NC(=S)c1ccc(NC(=O)C2Cc3ccccc32)cc1. The minimum Gasteiger partial charge on any atom is -0.389 e. The van der Waals surface area contributed by atoms with Crippen LogP contribution in [0.4, 0.5) is 5.69 Å². The van der Waals surface area contributed by atoms with Gasteiger partial charge in [-0.3, -0.25) is 4.79 Å². The molecule has 0 aromatic heterocycles. The second-order valence-corrected chi connectivity index (χ2v) is 5.33. The fourth-order valence-corrected chi connectivity index (χ4v) is 2.58. The second kappa shape index (κ2) is 5.06. The maximum absolute atomic E-state index is 12.2. The number of thiocarbonyl (C=S) groups is 1. The quantitative estimate of drug-likeness (QED) is 0.851. The van der Waals surface area contributed by atoms with Crippen LogP contribution in [0.1, 0.15) is 22.6 Å². The Morgan fingerprint density at radius 2 is 1.85 bits per heavy atom. The monoisotopic (exact) mass is 282 g/mol. The maximum Gasteiger partial charge on any atom is 0.232 e. The predicted octanol–water partition coefficient (Wildman–Crippen LogP) is 2.60. The number of nitrogens with two attached hydrogens (primary N) is 1. The molecule has 2 aromatic rings. The molecule has 0 aliphatic heterocycles. The highest BCUT2D eigenvalue weighted by Crippen LogP contribution is 2.35. The fourth-order valence-electron chi connectivity index (χ4n) is 2.44. The molecule has 0 saturated heterocycles. The van der Waals surface area contributed by atoms with Crippen molar-refractivity contribution in [1.82, 2.24) is 0 Å². The van der Waals surface area contributed by atoms with Gasteiger partial charge in [0, 0.05) is 11.3 Å². The number of rotatable bonds is 3. The summed E-state index contributed by atoms with van der Waals surface area (Å²) < 4.78 is 0. The van der Waals surface area contributed by atoms with Gasteiger partial charge in [0.05, 0.1) is 5.92 Å². The first-order chi connectivity index (χ1) is 9.65. The molecule has 0 bridgehead atoms. The summed E-state index contributed by atoms with van der Waals surface area (Å²) in [5.74, 6) is -0.00626. The van der Waals surface area contributed by atoms with Crippen LogP contribution in [0.15, 0.2) is 48.5 Å². The third-order valence-corrected chi connectivity index (χ3v) is 3.84. The normalized spacial score (nSPS) is 15.9. The molecule has 3 N–H and O–H groups in total. The Bertz CT molecular complexity index is 679. The van der Waals surface area contributed by atoms with Crippen LogP contribution < -0.4 is 11.1 Å². The van der Waals surface area contributed by atoms with E-state index in [1.165, 1.54) is 5.56 Å². The van der Waals surface area contributed by atoms with Crippen LogP contribution >= 0.6 is 12.2 Å². The van der Waals surface area contributed by atoms with Crippen molar-refractivity contribution in [2.45, 2.75) is 12.3 Å². The lowest BCUT2D eigenvalue weighted by Gasteiger charge is -2.28. The minimum atomic E-state index is -0.0403. The number of nitrogens with one attached hydrogen (secondary N) is 1. The molecule has 3 nitrogen and oxygen atoms in total. The van der Waals surface area contributed by atoms with Crippen molar-refractivity contribution >= 4 is 28.8 Å². The van der Waals surface area contributed by atoms with Crippen molar-refractivity contribution in [1.29, 1.82) is 0 Å². The van der Waals surface area contributed by atoms with Crippen molar-refractivity contribution in [2.75, 3.05) is 5.32 Å². The van der Waals surface area contributed by atoms with Gasteiger partial charge in [0.2, 0.25) is 5.91 Å². The Hall–Kier alpha value is -2.20. The van der Waals surface area contributed by atoms with E-state index in [1.54, 1.807) is 0 Å². The summed E-state index contributed by atoms with van der Waals surface area (Å²) >= 11 is 4.90. The molecule has 4 heteroatoms. The number of hydrogen-bond acceptors (Lipinski definition) is 2. The number of benzene rings is 2. The zero-order valence-electron chi connectivity index (χ0n) is 10.8. The summed E-state index contributed by atoms with van der Waals surface area (Å²) in [6.45, 7) is 0. The molecule has 2 aromatic carbocycles. The molecule has 0 fully saturated rings. The predicted molar refractivity (Wildman–Crippen MR) is 83.8 cm³/mol. The maximum atomic E-state index is 12.2. The first-order valence-corrected chi connectivity index (χ1v) is 6.84. The Morgan fingerprint density at radius 3 is 2.50 bits per heavy atom. The van der Waals surface area contributed by atoms with Gasteiger partial charge < -0.3 is 11.1 Å². The van der Waals surface area contributed by atoms with E-state index in [-0.39, 0.29) is 11.8 Å². The summed E-state index contributed by atoms with van der Waals surface area (Å²) in [6.07, 6.45) is 0.812. The minimum absolute atomic E-state index is 0.0341. The Kier molecular flexibility index (Phi) is 3.24. The second-order valence-electron chi connectivity index (χ2n) is 4.89. The summed E-state index contributed by atoms with van der Waals surface area (Å²) in [5.41, 5.74) is 9.49. The van der Waals surface area contributed by atoms with Crippen LogP contribution in [0, 0.1) is 0 Å². The van der Waals surface area contributed by atoms with E-state index < -0.39 is 0 Å². The lowest BCUT2D eigenvalue weighted by Crippen LogP contribution is -2.30. The first-order valence-electron chi connectivity index (χ1n) is 6.43. The Morgan fingerprint density at radius 1 is 1.15 bits per heavy atom. The Labute approximate surface area is 122 Å². The van der Waals surface area contributed by atoms with Crippen LogP contribution in [0.5, 0.6) is 0 Å². The molecule has 100 valence electrons. The van der Waals surface area contributed by atoms with Gasteiger partial charge in [-0.25, -0.2) is 0 Å². The molecule has 0 radical (unpaired) electrons. The highest BCUT2D eigenvalue weighted by Gasteiger charge is 2.31. The highest BCUT2D eigenvalue weighted by atomic mass is 32.1. The number of amides is 1. The number of carbonyl (C=O) groups is 1. The average molecular weight is 282 g/mol. The third-order valence-electron chi connectivity index (χ3n) is 3.61. The number of fused-ring (bicyclic) bond motifs is 1. The molecule has 3 rings (SSSR count). The molecule has 1 unspecified atom stereocenters. The smallest absolute Gasteiger partial charge is 0.232 e. The molecule has 1 atom stereocenters. The highest BCUT2D eigenvalue weighted by molar-refractivity contribution is 7.80. The summed E-state index contributed by atoms with van der Waals surface area (Å²) in [4.78, 5) is 12.6. The van der Waals surface area contributed by atoms with E-state index in [4.69, 9.17) is 18.0 Å². The van der Waals surface area contributed by atoms with Gasteiger partial charge in [-0.2, -0.15) is 0 Å². The summed E-state index contributed by atoms with van der Waals surface area (Å²) in [7, 11) is 0. The van der Waals surface area contributed by atoms with Crippen molar-refractivity contribution in [3.8, 4) is 0 Å². The van der Waals surface area contributed by atoms with Gasteiger partial charge in [-0.05, 0) is 41.8 Å². The summed E-state index contributed by atoms with van der Waals surface area (Å²) in [6, 6.07) is 15.3. The van der Waals surface area contributed by atoms with E-state index in [0.29, 0.717) is 4.99 Å². The van der Waals surface area contributed by atoms with E-state index in [9.17, 15) is 4.79 Å². The van der Waals surface area contributed by atoms with E-state index >= 15 is 0 Å². The standard InChI is InChI=1S/C16H14N2OS/c17-15(20)10-5-7-12(8-6-10)18-16(19)14-9-11-3-1-2-4-13(11)14/h1-8,14H,9H2,(H2,17,20)(H,18,19). The molecular weight excluding hydrogens is 268 g/mol. The summed E-state index contributed by atoms with van der Waals surface area (Å²) in [5, 5.41) is 2.93. The molecule has 0 spiro atoms. The third kappa shape index (κ3) is 2.30. The Balaban J connectivity index is 1.70. The largest absolute Gasteiger partial charge is 0.389 e. The van der Waals surface area contributed by atoms with Crippen LogP contribution in [-0.2, 0) is 11.2 Å². The molecule has 1 aliphatic carbocycles. The van der Waals surface area contributed by atoms with Crippen LogP contribution in [0.2, 0.25) is 0 Å². The first kappa shape index (κ1) is 12.8. The molecule has 0 saturated carbocycles. The van der Waals surface area contributed by atoms with Gasteiger partial charge in [0.1, 0.15) is 4.99 Å². The zero-order valence-corrected chi connectivity index (χ0v) is 11.6. The van der Waals surface area contributed by atoms with Crippen molar-refractivity contribution in [2.24, 2.45) is 5.73 Å². The number of hydrogen-bond donors (Lipinski definition) is 2. The number of anilines is 1. The van der Waals surface area contributed by atoms with E-state index in [2.05, 4.69) is 11.4 Å². The fraction of sp³-hybridized carbons (Fsp3) is 0.125. The molecule has 1 amide bonds. The number of carbonyl (C=O) groups excluding carboxylic acids is 1. The van der Waals surface area contributed by atoms with Crippen LogP contribution in [-0.4, -0.2) is 10.9 Å². The van der Waals surface area contributed by atoms with E-state index in [1.807, 2.05) is 42.5 Å². The van der Waals surface area contributed by atoms with Gasteiger partial charge >= 0.3 is 0 Å². The lowest BCUT2D eigenvalue weighted by molar-refractivity contribution is -0.118. The van der Waals surface area contributed by atoms with Gasteiger partial charge in [0.15, 0.2) is 0 Å². The lowest BCUT2D eigenvalue weighted by atomic mass is 9.77. The molecule has 1 aliphatic rings. The van der Waals surface area contributed by atoms with Crippen molar-refractivity contribution in [3.63, 3.8) is 0 Å². The van der Waals surface area contributed by atoms with Crippen LogP contribution in [0.3, 0.4) is 0 Å². The zero-order chi connectivity index (χ0) is 14.1. The van der Waals surface area contributed by atoms with Crippen LogP contribution in [0.25, 0.3) is 0 Å². The average Bonchev–Trinajstić information content (AvgIpc) is 2.41. The van der Waals surface area contributed by atoms with E-state index in [0.717, 1.165) is 23.2 Å². The van der Waals surface area contributed by atoms with Gasteiger partial charge in [-0.1, -0.05) is 36.5 Å². The molecule has 0 heterocycles. The van der Waals surface area contributed by atoms with Gasteiger partial charge in [-0.15, -0.1) is 0 Å². The van der Waals surface area contributed by atoms with Crippen molar-refractivity contribution in [3.05, 3.63) is 65.2 Å². The molecule has 20 heavy (non-hydrogen) atoms.